The zero-order valence-corrected chi connectivity index (χ0v) is 10.9. The number of aromatic hydroxyl groups is 1. The van der Waals surface area contributed by atoms with Gasteiger partial charge in [-0.15, -0.1) is 0 Å². The summed E-state index contributed by atoms with van der Waals surface area (Å²) in [5.41, 5.74) is 1.25. The van der Waals surface area contributed by atoms with Crippen molar-refractivity contribution < 1.29 is 14.9 Å². The highest BCUT2D eigenvalue weighted by Gasteiger charge is 2.46. The van der Waals surface area contributed by atoms with Gasteiger partial charge in [-0.2, -0.15) is 0 Å². The SMILES string of the molecule is O=[N+]([O-])[C@@H]1C(c2ccccc2)=NO[C@@H]1c1ccccc1O. The van der Waals surface area contributed by atoms with E-state index < -0.39 is 17.1 Å². The van der Waals surface area contributed by atoms with E-state index >= 15 is 0 Å². The van der Waals surface area contributed by atoms with Gasteiger partial charge in [0.25, 0.3) is 0 Å². The molecule has 2 atom stereocenters. The normalized spacial score (nSPS) is 20.7. The highest BCUT2D eigenvalue weighted by atomic mass is 16.7. The molecule has 3 rings (SSSR count). The number of hydrogen-bond donors (Lipinski definition) is 1. The molecule has 0 saturated heterocycles. The molecular weight excluding hydrogens is 272 g/mol. The number of oxime groups is 1. The number of hydrogen-bond acceptors (Lipinski definition) is 5. The van der Waals surface area contributed by atoms with E-state index in [1.54, 1.807) is 42.5 Å². The minimum absolute atomic E-state index is 0.0427. The topological polar surface area (TPSA) is 85.0 Å². The van der Waals surface area contributed by atoms with Crippen molar-refractivity contribution in [3.8, 4) is 5.75 Å². The van der Waals surface area contributed by atoms with Crippen LogP contribution in [0.15, 0.2) is 59.8 Å². The molecule has 2 aromatic rings. The molecule has 0 unspecified atom stereocenters. The molecule has 106 valence electrons. The van der Waals surface area contributed by atoms with Crippen LogP contribution in [0.4, 0.5) is 0 Å². The van der Waals surface area contributed by atoms with Crippen LogP contribution in [-0.4, -0.2) is 21.8 Å². The molecule has 0 aromatic heterocycles. The first-order valence-electron chi connectivity index (χ1n) is 6.39. The number of nitro groups is 1. The highest BCUT2D eigenvalue weighted by Crippen LogP contribution is 2.35. The summed E-state index contributed by atoms with van der Waals surface area (Å²) < 4.78 is 0. The Kier molecular flexibility index (Phi) is 3.27. The summed E-state index contributed by atoms with van der Waals surface area (Å²) in [5.74, 6) is -0.0427. The summed E-state index contributed by atoms with van der Waals surface area (Å²) >= 11 is 0. The van der Waals surface area contributed by atoms with Crippen LogP contribution in [0, 0.1) is 10.1 Å². The second-order valence-electron chi connectivity index (χ2n) is 4.66. The molecular formula is C15H12N2O4. The lowest BCUT2D eigenvalue weighted by atomic mass is 9.95. The maximum atomic E-state index is 11.4. The van der Waals surface area contributed by atoms with Crippen molar-refractivity contribution in [2.24, 2.45) is 5.16 Å². The number of para-hydroxylation sites is 1. The van der Waals surface area contributed by atoms with Crippen LogP contribution in [0.5, 0.6) is 5.75 Å². The lowest BCUT2D eigenvalue weighted by Crippen LogP contribution is -2.32. The monoisotopic (exact) mass is 284 g/mol. The molecule has 1 aliphatic heterocycles. The van der Waals surface area contributed by atoms with Crippen molar-refractivity contribution in [1.82, 2.24) is 0 Å². The molecule has 6 heteroatoms. The van der Waals surface area contributed by atoms with Gasteiger partial charge >= 0.3 is 6.04 Å². The van der Waals surface area contributed by atoms with Crippen LogP contribution in [-0.2, 0) is 4.84 Å². The lowest BCUT2D eigenvalue weighted by molar-refractivity contribution is -0.512. The first-order chi connectivity index (χ1) is 10.2. The Balaban J connectivity index is 2.00. The Morgan fingerprint density at radius 1 is 1.10 bits per heavy atom. The molecule has 21 heavy (non-hydrogen) atoms. The molecule has 0 fully saturated rings. The van der Waals surface area contributed by atoms with E-state index in [1.165, 1.54) is 6.07 Å². The molecule has 0 spiro atoms. The maximum absolute atomic E-state index is 11.4. The predicted octanol–water partition coefficient (Wildman–Crippen LogP) is 2.51. The van der Waals surface area contributed by atoms with Gasteiger partial charge in [-0.3, -0.25) is 10.1 Å². The largest absolute Gasteiger partial charge is 0.508 e. The maximum Gasteiger partial charge on any atom is 0.301 e. The summed E-state index contributed by atoms with van der Waals surface area (Å²) in [6.07, 6.45) is -0.934. The van der Waals surface area contributed by atoms with Crippen molar-refractivity contribution in [3.63, 3.8) is 0 Å². The van der Waals surface area contributed by atoms with Gasteiger partial charge in [0.05, 0.1) is 0 Å². The minimum atomic E-state index is -1.15. The zero-order chi connectivity index (χ0) is 14.8. The molecule has 0 radical (unpaired) electrons. The molecule has 0 amide bonds. The quantitative estimate of drug-likeness (QED) is 0.693. The van der Waals surface area contributed by atoms with E-state index in [-0.39, 0.29) is 11.5 Å². The summed E-state index contributed by atoms with van der Waals surface area (Å²) in [5, 5.41) is 25.2. The Labute approximate surface area is 120 Å². The summed E-state index contributed by atoms with van der Waals surface area (Å²) in [6, 6.07) is 14.1. The number of benzene rings is 2. The van der Waals surface area contributed by atoms with Crippen LogP contribution in [0.1, 0.15) is 17.2 Å². The standard InChI is InChI=1S/C15H12N2O4/c18-12-9-5-4-8-11(12)15-14(17(19)20)13(16-21-15)10-6-2-1-3-7-10/h1-9,14-15,18H/t14-,15-/m1/s1. The van der Waals surface area contributed by atoms with E-state index in [1.807, 2.05) is 6.07 Å². The van der Waals surface area contributed by atoms with Crippen LogP contribution >= 0.6 is 0 Å². The second kappa shape index (κ2) is 5.24. The van der Waals surface area contributed by atoms with Crippen LogP contribution in [0.2, 0.25) is 0 Å². The third kappa shape index (κ3) is 2.31. The fraction of sp³-hybridized carbons (Fsp3) is 0.133. The van der Waals surface area contributed by atoms with Gasteiger partial charge in [0.1, 0.15) is 5.75 Å². The second-order valence-corrected chi connectivity index (χ2v) is 4.66. The van der Waals surface area contributed by atoms with Crippen molar-refractivity contribution in [2.75, 3.05) is 0 Å². The van der Waals surface area contributed by atoms with E-state index in [4.69, 9.17) is 4.84 Å². The Morgan fingerprint density at radius 2 is 1.76 bits per heavy atom. The molecule has 0 aliphatic carbocycles. The molecule has 1 heterocycles. The van der Waals surface area contributed by atoms with Gasteiger partial charge in [0.2, 0.25) is 6.10 Å². The first-order valence-corrected chi connectivity index (χ1v) is 6.39. The summed E-state index contributed by atoms with van der Waals surface area (Å²) in [7, 11) is 0. The number of phenolic OH excluding ortho intramolecular Hbond substituents is 1. The summed E-state index contributed by atoms with van der Waals surface area (Å²) in [6.45, 7) is 0. The molecule has 2 aromatic carbocycles. The van der Waals surface area contributed by atoms with Crippen molar-refractivity contribution in [1.29, 1.82) is 0 Å². The molecule has 0 saturated carbocycles. The van der Waals surface area contributed by atoms with Crippen molar-refractivity contribution >= 4 is 5.71 Å². The molecule has 6 nitrogen and oxygen atoms in total. The Hall–Kier alpha value is -2.89. The third-order valence-corrected chi connectivity index (χ3v) is 3.37. The smallest absolute Gasteiger partial charge is 0.301 e. The Morgan fingerprint density at radius 3 is 2.43 bits per heavy atom. The minimum Gasteiger partial charge on any atom is -0.508 e. The predicted molar refractivity (Wildman–Crippen MR) is 75.7 cm³/mol. The van der Waals surface area contributed by atoms with Gasteiger partial charge in [0, 0.05) is 16.1 Å². The van der Waals surface area contributed by atoms with Crippen molar-refractivity contribution in [3.05, 3.63) is 75.8 Å². The third-order valence-electron chi connectivity index (χ3n) is 3.37. The van der Waals surface area contributed by atoms with Crippen LogP contribution < -0.4 is 0 Å². The van der Waals surface area contributed by atoms with Gasteiger partial charge in [0.15, 0.2) is 5.71 Å². The van der Waals surface area contributed by atoms with Crippen LogP contribution in [0.25, 0.3) is 0 Å². The van der Waals surface area contributed by atoms with Gasteiger partial charge in [-0.05, 0) is 6.07 Å². The van der Waals surface area contributed by atoms with Gasteiger partial charge in [-0.1, -0.05) is 53.7 Å². The first kappa shape index (κ1) is 13.1. The number of phenols is 1. The zero-order valence-electron chi connectivity index (χ0n) is 10.9. The van der Waals surface area contributed by atoms with Gasteiger partial charge in [-0.25, -0.2) is 0 Å². The van der Waals surface area contributed by atoms with Crippen LogP contribution in [0.3, 0.4) is 0 Å². The molecule has 1 aliphatic rings. The van der Waals surface area contributed by atoms with Gasteiger partial charge < -0.3 is 9.94 Å². The van der Waals surface area contributed by atoms with E-state index in [9.17, 15) is 15.2 Å². The fourth-order valence-electron chi connectivity index (χ4n) is 2.37. The molecule has 0 bridgehead atoms. The van der Waals surface area contributed by atoms with E-state index in [0.29, 0.717) is 11.1 Å². The summed E-state index contributed by atoms with van der Waals surface area (Å²) in [4.78, 5) is 16.3. The highest BCUT2D eigenvalue weighted by molar-refractivity contribution is 6.04. The number of nitrogens with zero attached hydrogens (tertiary/aromatic N) is 2. The average Bonchev–Trinajstić information content (AvgIpc) is 2.93. The fourth-order valence-corrected chi connectivity index (χ4v) is 2.37. The average molecular weight is 284 g/mol. The lowest BCUT2D eigenvalue weighted by Gasteiger charge is -2.13. The van der Waals surface area contributed by atoms with E-state index in [0.717, 1.165) is 0 Å². The number of rotatable bonds is 3. The van der Waals surface area contributed by atoms with E-state index in [2.05, 4.69) is 5.16 Å². The molecule has 1 N–H and O–H groups in total. The van der Waals surface area contributed by atoms with Crippen molar-refractivity contribution in [2.45, 2.75) is 12.1 Å². The Bertz CT molecular complexity index is 700.